The van der Waals surface area contributed by atoms with Crippen LogP contribution in [0.3, 0.4) is 0 Å². The summed E-state index contributed by atoms with van der Waals surface area (Å²) < 4.78 is 34.0. The van der Waals surface area contributed by atoms with Crippen molar-refractivity contribution in [1.82, 2.24) is 0 Å². The highest BCUT2D eigenvalue weighted by Crippen LogP contribution is 2.25. The molecule has 10 nitrogen and oxygen atoms in total. The van der Waals surface area contributed by atoms with Crippen LogP contribution in [0.2, 0.25) is 0 Å². The maximum Gasteiger partial charge on any atom is 0.305 e. The van der Waals surface area contributed by atoms with E-state index in [4.69, 9.17) is 33.5 Å². The average Bonchev–Trinajstić information content (AvgIpc) is 3.40. The Morgan fingerprint density at radius 3 is 2.07 bits per heavy atom. The molecule has 248 valence electrons. The Labute approximate surface area is 254 Å². The zero-order valence-corrected chi connectivity index (χ0v) is 26.1. The number of ether oxygens (including phenoxy) is 6. The fraction of sp³-hybridized carbons (Fsp3) is 0.906. The number of carbonyl (C=O) groups is 1. The van der Waals surface area contributed by atoms with Crippen LogP contribution in [0.1, 0.15) is 96.8 Å². The van der Waals surface area contributed by atoms with Crippen LogP contribution >= 0.6 is 0 Å². The van der Waals surface area contributed by atoms with Gasteiger partial charge in [0.25, 0.3) is 0 Å². The minimum absolute atomic E-state index is 0.0910. The SMILES string of the molecule is CCCCCCCC/C=C\CCCCCCCC(=O)OCCOC[C@H](OCCO)[C@@H]1OC[C@@H](OCCO)[C@@H]1OCCO. The van der Waals surface area contributed by atoms with E-state index >= 15 is 0 Å². The summed E-state index contributed by atoms with van der Waals surface area (Å²) in [6.45, 7) is 2.87. The molecule has 0 spiro atoms. The van der Waals surface area contributed by atoms with Crippen molar-refractivity contribution in [2.45, 2.75) is 121 Å². The molecule has 0 amide bonds. The summed E-state index contributed by atoms with van der Waals surface area (Å²) in [5.74, 6) is -0.218. The van der Waals surface area contributed by atoms with Gasteiger partial charge in [-0.05, 0) is 32.1 Å². The van der Waals surface area contributed by atoms with E-state index in [-0.39, 0.29) is 72.0 Å². The summed E-state index contributed by atoms with van der Waals surface area (Å²) in [6.07, 6.45) is 18.8. The molecule has 0 aromatic heterocycles. The van der Waals surface area contributed by atoms with E-state index in [9.17, 15) is 15.0 Å². The van der Waals surface area contributed by atoms with Gasteiger partial charge in [0.2, 0.25) is 0 Å². The van der Waals surface area contributed by atoms with Crippen molar-refractivity contribution in [3.05, 3.63) is 12.2 Å². The van der Waals surface area contributed by atoms with Crippen molar-refractivity contribution in [3.8, 4) is 0 Å². The molecular weight excluding hydrogens is 544 g/mol. The van der Waals surface area contributed by atoms with Gasteiger partial charge in [-0.25, -0.2) is 0 Å². The number of aliphatic hydroxyl groups is 3. The highest BCUT2D eigenvalue weighted by molar-refractivity contribution is 5.69. The lowest BCUT2D eigenvalue weighted by molar-refractivity contribution is -0.149. The maximum absolute atomic E-state index is 12.1. The van der Waals surface area contributed by atoms with Crippen molar-refractivity contribution >= 4 is 5.97 Å². The molecule has 0 radical (unpaired) electrons. The zero-order chi connectivity index (χ0) is 30.5. The van der Waals surface area contributed by atoms with Gasteiger partial charge in [0.1, 0.15) is 31.0 Å². The number of esters is 1. The number of hydrogen-bond acceptors (Lipinski definition) is 10. The van der Waals surface area contributed by atoms with E-state index in [1.165, 1.54) is 57.8 Å². The fourth-order valence-electron chi connectivity index (χ4n) is 4.93. The molecule has 1 aliphatic rings. The predicted octanol–water partition coefficient (Wildman–Crippen LogP) is 4.12. The lowest BCUT2D eigenvalue weighted by Gasteiger charge is -2.29. The smallest absolute Gasteiger partial charge is 0.305 e. The number of unbranched alkanes of at least 4 members (excludes halogenated alkanes) is 11. The molecule has 0 saturated carbocycles. The molecule has 1 heterocycles. The van der Waals surface area contributed by atoms with Crippen LogP contribution in [0, 0.1) is 0 Å². The minimum atomic E-state index is -0.560. The number of carbonyl (C=O) groups excluding carboxylic acids is 1. The summed E-state index contributed by atoms with van der Waals surface area (Å²) in [5, 5.41) is 27.5. The molecule has 1 aliphatic heterocycles. The summed E-state index contributed by atoms with van der Waals surface area (Å²) in [4.78, 5) is 12.1. The molecule has 0 bridgehead atoms. The Kier molecular flexibility index (Phi) is 26.5. The first-order valence-corrected chi connectivity index (χ1v) is 16.3. The summed E-state index contributed by atoms with van der Waals surface area (Å²) in [7, 11) is 0. The van der Waals surface area contributed by atoms with E-state index in [0.717, 1.165) is 25.7 Å². The van der Waals surface area contributed by atoms with Crippen molar-refractivity contribution in [2.75, 3.05) is 66.1 Å². The molecule has 1 rings (SSSR count). The highest BCUT2D eigenvalue weighted by atomic mass is 16.6. The first-order valence-electron chi connectivity index (χ1n) is 16.3. The van der Waals surface area contributed by atoms with Crippen molar-refractivity contribution in [2.24, 2.45) is 0 Å². The average molecular weight is 605 g/mol. The van der Waals surface area contributed by atoms with E-state index < -0.39 is 24.4 Å². The number of hydrogen-bond donors (Lipinski definition) is 3. The van der Waals surface area contributed by atoms with Crippen LogP contribution in [-0.4, -0.2) is 112 Å². The quantitative estimate of drug-likeness (QED) is 0.0625. The van der Waals surface area contributed by atoms with Gasteiger partial charge in [-0.3, -0.25) is 4.79 Å². The van der Waals surface area contributed by atoms with Crippen molar-refractivity contribution < 1.29 is 48.5 Å². The van der Waals surface area contributed by atoms with Crippen LogP contribution in [0.15, 0.2) is 12.2 Å². The first kappa shape index (κ1) is 38.9. The summed E-state index contributed by atoms with van der Waals surface area (Å²) >= 11 is 0. The topological polar surface area (TPSA) is 133 Å². The zero-order valence-electron chi connectivity index (χ0n) is 26.1. The second kappa shape index (κ2) is 28.6. The monoisotopic (exact) mass is 604 g/mol. The second-order valence-corrected chi connectivity index (χ2v) is 10.8. The van der Waals surface area contributed by atoms with Gasteiger partial charge in [-0.2, -0.15) is 0 Å². The van der Waals surface area contributed by atoms with Gasteiger partial charge in [-0.15, -0.1) is 0 Å². The molecule has 1 fully saturated rings. The van der Waals surface area contributed by atoms with Crippen LogP contribution in [0.5, 0.6) is 0 Å². The number of allylic oxidation sites excluding steroid dienone is 2. The molecule has 0 aromatic carbocycles. The standard InChI is InChI=1S/C32H60O10/c1-2-3-4-5-6-7-8-9-10-11-12-13-14-15-16-17-30(36)40-25-24-37-26-28(38-21-18-33)32-31(41-23-20-35)29(27-42-32)39-22-19-34/h9-10,28-29,31-35H,2-8,11-27H2,1H3/b10-9-/t28-,29+,31-,32-/m0/s1. The van der Waals surface area contributed by atoms with Gasteiger partial charge in [-0.1, -0.05) is 70.4 Å². The van der Waals surface area contributed by atoms with Crippen molar-refractivity contribution in [3.63, 3.8) is 0 Å². The molecule has 0 unspecified atom stereocenters. The Bertz CT molecular complexity index is 632. The minimum Gasteiger partial charge on any atom is -0.463 e. The van der Waals surface area contributed by atoms with Gasteiger partial charge in [0.05, 0.1) is 59.5 Å². The molecule has 4 atom stereocenters. The molecule has 1 saturated heterocycles. The predicted molar refractivity (Wildman–Crippen MR) is 161 cm³/mol. The van der Waals surface area contributed by atoms with Gasteiger partial charge in [0, 0.05) is 6.42 Å². The molecule has 42 heavy (non-hydrogen) atoms. The second-order valence-electron chi connectivity index (χ2n) is 10.8. The Balaban J connectivity index is 2.13. The lowest BCUT2D eigenvalue weighted by atomic mass is 10.1. The van der Waals surface area contributed by atoms with E-state index in [1.807, 2.05) is 0 Å². The summed E-state index contributed by atoms with van der Waals surface area (Å²) in [5.41, 5.74) is 0. The molecule has 0 aliphatic carbocycles. The third-order valence-electron chi connectivity index (χ3n) is 7.17. The third-order valence-corrected chi connectivity index (χ3v) is 7.17. The van der Waals surface area contributed by atoms with E-state index in [0.29, 0.717) is 6.42 Å². The van der Waals surface area contributed by atoms with Crippen LogP contribution in [0.4, 0.5) is 0 Å². The normalized spacial score (nSPS) is 19.6. The maximum atomic E-state index is 12.1. The number of aliphatic hydroxyl groups excluding tert-OH is 3. The van der Waals surface area contributed by atoms with Gasteiger partial charge in [0.15, 0.2) is 0 Å². The molecule has 10 heteroatoms. The van der Waals surface area contributed by atoms with Crippen molar-refractivity contribution in [1.29, 1.82) is 0 Å². The Morgan fingerprint density at radius 1 is 0.786 bits per heavy atom. The number of rotatable bonds is 30. The Morgan fingerprint density at radius 2 is 1.40 bits per heavy atom. The van der Waals surface area contributed by atoms with Crippen LogP contribution in [-0.2, 0) is 33.2 Å². The molecule has 0 aromatic rings. The molecular formula is C32H60O10. The van der Waals surface area contributed by atoms with Gasteiger partial charge >= 0.3 is 5.97 Å². The van der Waals surface area contributed by atoms with E-state index in [1.54, 1.807) is 0 Å². The van der Waals surface area contributed by atoms with E-state index in [2.05, 4.69) is 19.1 Å². The highest BCUT2D eigenvalue weighted by Gasteiger charge is 2.44. The largest absolute Gasteiger partial charge is 0.463 e. The Hall–Kier alpha value is -1.11. The lowest BCUT2D eigenvalue weighted by Crippen LogP contribution is -2.45. The summed E-state index contributed by atoms with van der Waals surface area (Å²) in [6, 6.07) is 0. The van der Waals surface area contributed by atoms with Gasteiger partial charge < -0.3 is 43.7 Å². The van der Waals surface area contributed by atoms with Crippen LogP contribution < -0.4 is 0 Å². The third kappa shape index (κ3) is 20.0. The van der Waals surface area contributed by atoms with Crippen LogP contribution in [0.25, 0.3) is 0 Å². The molecule has 3 N–H and O–H groups in total. The fourth-order valence-corrected chi connectivity index (χ4v) is 4.93. The first-order chi connectivity index (χ1) is 20.7.